The summed E-state index contributed by atoms with van der Waals surface area (Å²) in [5, 5.41) is 22.4. The molecule has 0 amide bonds. The molecule has 0 spiro atoms. The average molecular weight is 288 g/mol. The summed E-state index contributed by atoms with van der Waals surface area (Å²) in [5.41, 5.74) is 1.04. The molecule has 0 bridgehead atoms. The average Bonchev–Trinajstić information content (AvgIpc) is 2.81. The number of para-hydroxylation sites is 1. The van der Waals surface area contributed by atoms with Crippen molar-refractivity contribution in [2.24, 2.45) is 5.92 Å². The van der Waals surface area contributed by atoms with Crippen LogP contribution in [-0.2, 0) is 6.42 Å². The van der Waals surface area contributed by atoms with Gasteiger partial charge in [0.2, 0.25) is 0 Å². The molecule has 0 radical (unpaired) electrons. The van der Waals surface area contributed by atoms with Crippen LogP contribution in [0.5, 0.6) is 0 Å². The summed E-state index contributed by atoms with van der Waals surface area (Å²) in [6.45, 7) is 4.00. The lowest BCUT2D eigenvalue weighted by atomic mass is 10.1. The number of carboxylic acid groups (broad SMARTS) is 2. The summed E-state index contributed by atoms with van der Waals surface area (Å²) in [6.07, 6.45) is 0.605. The van der Waals surface area contributed by atoms with Gasteiger partial charge in [0, 0.05) is 5.69 Å². The maximum absolute atomic E-state index is 11.3. The van der Waals surface area contributed by atoms with Crippen LogP contribution < -0.4 is 0 Å². The van der Waals surface area contributed by atoms with E-state index < -0.39 is 11.9 Å². The first kappa shape index (κ1) is 14.8. The number of carboxylic acids is 2. The zero-order valence-electron chi connectivity index (χ0n) is 11.8. The van der Waals surface area contributed by atoms with E-state index in [1.165, 1.54) is 16.8 Å². The molecule has 0 saturated heterocycles. The fraction of sp³-hybridized carbons (Fsp3) is 0.267. The van der Waals surface area contributed by atoms with E-state index in [1.807, 2.05) is 13.8 Å². The number of hydrogen-bond donors (Lipinski definition) is 2. The van der Waals surface area contributed by atoms with Crippen LogP contribution in [0.2, 0.25) is 0 Å². The number of nitrogens with zero attached hydrogens (tertiary/aromatic N) is 2. The van der Waals surface area contributed by atoms with Crippen molar-refractivity contribution in [3.05, 3.63) is 47.3 Å². The second-order valence-electron chi connectivity index (χ2n) is 5.16. The van der Waals surface area contributed by atoms with E-state index in [2.05, 4.69) is 5.10 Å². The van der Waals surface area contributed by atoms with Crippen LogP contribution in [0.4, 0.5) is 0 Å². The number of aromatic carboxylic acids is 2. The minimum atomic E-state index is -1.13. The molecule has 2 N–H and O–H groups in total. The van der Waals surface area contributed by atoms with Crippen molar-refractivity contribution >= 4 is 11.9 Å². The van der Waals surface area contributed by atoms with E-state index in [0.29, 0.717) is 23.7 Å². The molecule has 0 unspecified atom stereocenters. The predicted octanol–water partition coefficient (Wildman–Crippen LogP) is 2.47. The number of carbonyl (C=O) groups is 2. The summed E-state index contributed by atoms with van der Waals surface area (Å²) in [7, 11) is 0. The Hall–Kier alpha value is -2.63. The summed E-state index contributed by atoms with van der Waals surface area (Å²) in [5.74, 6) is -1.92. The summed E-state index contributed by atoms with van der Waals surface area (Å²) in [6, 6.07) is 7.89. The zero-order chi connectivity index (χ0) is 15.6. The molecule has 0 fully saturated rings. The fourth-order valence-electron chi connectivity index (χ4n) is 2.14. The Balaban J connectivity index is 2.62. The Morgan fingerprint density at radius 3 is 2.43 bits per heavy atom. The molecule has 6 heteroatoms. The first-order valence-electron chi connectivity index (χ1n) is 6.55. The molecule has 0 atom stereocenters. The van der Waals surface area contributed by atoms with Crippen molar-refractivity contribution in [3.63, 3.8) is 0 Å². The molecule has 0 aliphatic heterocycles. The lowest BCUT2D eigenvalue weighted by Gasteiger charge is -2.11. The van der Waals surface area contributed by atoms with Crippen molar-refractivity contribution in [1.29, 1.82) is 0 Å². The van der Waals surface area contributed by atoms with Crippen LogP contribution in [0.15, 0.2) is 30.3 Å². The standard InChI is InChI=1S/C15H16N2O4/c1-9(2)7-10-8-12(15(20)21)16-17(10)13-6-4-3-5-11(13)14(18)19/h3-6,8-9H,7H2,1-2H3,(H,18,19)(H,20,21). The molecule has 1 heterocycles. The largest absolute Gasteiger partial charge is 0.478 e. The molecule has 2 rings (SSSR count). The first-order valence-corrected chi connectivity index (χ1v) is 6.55. The van der Waals surface area contributed by atoms with Crippen LogP contribution in [0.3, 0.4) is 0 Å². The third-order valence-electron chi connectivity index (χ3n) is 2.98. The summed E-state index contributed by atoms with van der Waals surface area (Å²) in [4.78, 5) is 22.4. The molecule has 110 valence electrons. The van der Waals surface area contributed by atoms with Gasteiger partial charge in [0.1, 0.15) is 0 Å². The molecule has 6 nitrogen and oxygen atoms in total. The highest BCUT2D eigenvalue weighted by Crippen LogP contribution is 2.20. The van der Waals surface area contributed by atoms with Crippen molar-refractivity contribution in [2.75, 3.05) is 0 Å². The van der Waals surface area contributed by atoms with E-state index in [1.54, 1.807) is 18.2 Å². The second kappa shape index (κ2) is 5.78. The van der Waals surface area contributed by atoms with Gasteiger partial charge < -0.3 is 10.2 Å². The second-order valence-corrected chi connectivity index (χ2v) is 5.16. The van der Waals surface area contributed by atoms with Crippen molar-refractivity contribution in [2.45, 2.75) is 20.3 Å². The summed E-state index contributed by atoms with van der Waals surface area (Å²) < 4.78 is 1.41. The van der Waals surface area contributed by atoms with Crippen molar-refractivity contribution in [3.8, 4) is 5.69 Å². The third-order valence-corrected chi connectivity index (χ3v) is 2.98. The quantitative estimate of drug-likeness (QED) is 0.881. The molecular weight excluding hydrogens is 272 g/mol. The number of rotatable bonds is 5. The molecule has 1 aromatic heterocycles. The SMILES string of the molecule is CC(C)Cc1cc(C(=O)O)nn1-c1ccccc1C(=O)O. The smallest absolute Gasteiger partial charge is 0.356 e. The van der Waals surface area contributed by atoms with Gasteiger partial charge in [-0.25, -0.2) is 14.3 Å². The molecule has 21 heavy (non-hydrogen) atoms. The van der Waals surface area contributed by atoms with Crippen LogP contribution in [-0.4, -0.2) is 31.9 Å². The van der Waals surface area contributed by atoms with E-state index in [9.17, 15) is 14.7 Å². The van der Waals surface area contributed by atoms with Gasteiger partial charge in [-0.2, -0.15) is 5.10 Å². The van der Waals surface area contributed by atoms with Gasteiger partial charge in [-0.1, -0.05) is 26.0 Å². The molecule has 0 saturated carbocycles. The van der Waals surface area contributed by atoms with Crippen LogP contribution in [0.25, 0.3) is 5.69 Å². The van der Waals surface area contributed by atoms with Gasteiger partial charge in [-0.15, -0.1) is 0 Å². The third kappa shape index (κ3) is 3.10. The summed E-state index contributed by atoms with van der Waals surface area (Å²) >= 11 is 0. The lowest BCUT2D eigenvalue weighted by Crippen LogP contribution is -2.11. The Kier molecular flexibility index (Phi) is 4.07. The normalized spacial score (nSPS) is 10.8. The maximum atomic E-state index is 11.3. The number of aromatic nitrogens is 2. The topological polar surface area (TPSA) is 92.4 Å². The number of hydrogen-bond acceptors (Lipinski definition) is 3. The van der Waals surface area contributed by atoms with Crippen LogP contribution in [0.1, 0.15) is 40.4 Å². The van der Waals surface area contributed by atoms with Crippen LogP contribution in [0, 0.1) is 5.92 Å². The molecular formula is C15H16N2O4. The predicted molar refractivity (Wildman–Crippen MR) is 76.0 cm³/mol. The van der Waals surface area contributed by atoms with Crippen LogP contribution >= 0.6 is 0 Å². The van der Waals surface area contributed by atoms with E-state index in [-0.39, 0.29) is 11.3 Å². The molecule has 0 aliphatic rings. The Bertz CT molecular complexity index is 689. The van der Waals surface area contributed by atoms with Gasteiger partial charge in [0.15, 0.2) is 5.69 Å². The Morgan fingerprint density at radius 2 is 1.86 bits per heavy atom. The van der Waals surface area contributed by atoms with Crippen molar-refractivity contribution < 1.29 is 19.8 Å². The first-order chi connectivity index (χ1) is 9.90. The van der Waals surface area contributed by atoms with Gasteiger partial charge in [0.25, 0.3) is 0 Å². The minimum Gasteiger partial charge on any atom is -0.478 e. The zero-order valence-corrected chi connectivity index (χ0v) is 11.8. The van der Waals surface area contributed by atoms with E-state index >= 15 is 0 Å². The van der Waals surface area contributed by atoms with Gasteiger partial charge in [-0.05, 0) is 30.5 Å². The van der Waals surface area contributed by atoms with Gasteiger partial charge in [-0.3, -0.25) is 0 Å². The monoisotopic (exact) mass is 288 g/mol. The fourth-order valence-corrected chi connectivity index (χ4v) is 2.14. The molecule has 0 aliphatic carbocycles. The van der Waals surface area contributed by atoms with Gasteiger partial charge >= 0.3 is 11.9 Å². The highest BCUT2D eigenvalue weighted by molar-refractivity contribution is 5.92. The lowest BCUT2D eigenvalue weighted by molar-refractivity contribution is 0.0684. The highest BCUT2D eigenvalue weighted by Gasteiger charge is 2.19. The van der Waals surface area contributed by atoms with Crippen molar-refractivity contribution in [1.82, 2.24) is 9.78 Å². The minimum absolute atomic E-state index is 0.0857. The molecule has 1 aromatic carbocycles. The van der Waals surface area contributed by atoms with Gasteiger partial charge in [0.05, 0.1) is 11.3 Å². The maximum Gasteiger partial charge on any atom is 0.356 e. The highest BCUT2D eigenvalue weighted by atomic mass is 16.4. The van der Waals surface area contributed by atoms with E-state index in [4.69, 9.17) is 5.11 Å². The molecule has 2 aromatic rings. The Morgan fingerprint density at radius 1 is 1.19 bits per heavy atom. The number of benzene rings is 1. The van der Waals surface area contributed by atoms with E-state index in [0.717, 1.165) is 0 Å². The Labute approximate surface area is 121 Å².